The van der Waals surface area contributed by atoms with Crippen LogP contribution in [-0.4, -0.2) is 49.3 Å². The summed E-state index contributed by atoms with van der Waals surface area (Å²) in [5.41, 5.74) is 0.693. The number of nitrogens with zero attached hydrogens (tertiary/aromatic N) is 1. The molecule has 0 aromatic heterocycles. The number of methoxy groups -OCH3 is 1. The van der Waals surface area contributed by atoms with Gasteiger partial charge in [0.25, 0.3) is 0 Å². The van der Waals surface area contributed by atoms with Gasteiger partial charge in [-0.25, -0.2) is 0 Å². The van der Waals surface area contributed by atoms with Gasteiger partial charge in [0.15, 0.2) is 0 Å². The van der Waals surface area contributed by atoms with Gasteiger partial charge in [-0.05, 0) is 25.1 Å². The lowest BCUT2D eigenvalue weighted by Crippen LogP contribution is -2.29. The Labute approximate surface area is 120 Å². The van der Waals surface area contributed by atoms with E-state index in [2.05, 4.69) is 17.1 Å². The number of rotatable bonds is 9. The number of aliphatic hydroxyl groups excluding tert-OH is 1. The molecule has 0 saturated carbocycles. The molecule has 0 aliphatic heterocycles. The number of aliphatic hydroxyl groups is 1. The molecule has 0 spiro atoms. The maximum absolute atomic E-state index is 11.9. The van der Waals surface area contributed by atoms with Crippen LogP contribution in [0, 0.1) is 0 Å². The Hall–Kier alpha value is -1.59. The van der Waals surface area contributed by atoms with Crippen molar-refractivity contribution in [1.82, 2.24) is 4.90 Å². The first-order valence-electron chi connectivity index (χ1n) is 6.97. The second-order valence-electron chi connectivity index (χ2n) is 4.51. The minimum absolute atomic E-state index is 0.0306. The smallest absolute Gasteiger partial charge is 0.225 e. The number of anilines is 1. The summed E-state index contributed by atoms with van der Waals surface area (Å²) in [6.07, 6.45) is 1.17. The summed E-state index contributed by atoms with van der Waals surface area (Å²) in [7, 11) is 1.58. The Bertz CT molecular complexity index is 410. The van der Waals surface area contributed by atoms with Crippen LogP contribution < -0.4 is 10.1 Å². The minimum atomic E-state index is -0.0306. The van der Waals surface area contributed by atoms with E-state index < -0.39 is 0 Å². The van der Waals surface area contributed by atoms with Crippen molar-refractivity contribution in [2.45, 2.75) is 19.8 Å². The van der Waals surface area contributed by atoms with E-state index in [1.165, 1.54) is 0 Å². The van der Waals surface area contributed by atoms with Crippen molar-refractivity contribution in [3.63, 3.8) is 0 Å². The van der Waals surface area contributed by atoms with E-state index in [1.807, 2.05) is 24.3 Å². The topological polar surface area (TPSA) is 61.8 Å². The lowest BCUT2D eigenvalue weighted by molar-refractivity contribution is -0.116. The van der Waals surface area contributed by atoms with Gasteiger partial charge >= 0.3 is 0 Å². The van der Waals surface area contributed by atoms with Crippen molar-refractivity contribution in [3.8, 4) is 5.75 Å². The molecule has 0 saturated heterocycles. The highest BCUT2D eigenvalue weighted by Crippen LogP contribution is 2.22. The summed E-state index contributed by atoms with van der Waals surface area (Å²) in [5.74, 6) is 0.630. The molecular weight excluding hydrogens is 256 g/mol. The first-order chi connectivity index (χ1) is 9.71. The van der Waals surface area contributed by atoms with Gasteiger partial charge in [-0.1, -0.05) is 19.1 Å². The molecule has 1 rings (SSSR count). The third kappa shape index (κ3) is 5.59. The molecule has 0 heterocycles. The number of ether oxygens (including phenoxy) is 1. The zero-order valence-corrected chi connectivity index (χ0v) is 12.3. The van der Waals surface area contributed by atoms with Gasteiger partial charge in [0.1, 0.15) is 5.75 Å². The van der Waals surface area contributed by atoms with Crippen LogP contribution in [0.15, 0.2) is 24.3 Å². The Kier molecular flexibility index (Phi) is 7.69. The van der Waals surface area contributed by atoms with Crippen LogP contribution >= 0.6 is 0 Å². The van der Waals surface area contributed by atoms with Crippen molar-refractivity contribution in [2.75, 3.05) is 38.7 Å². The molecule has 0 aliphatic rings. The number of hydrogen-bond donors (Lipinski definition) is 2. The van der Waals surface area contributed by atoms with E-state index >= 15 is 0 Å². The lowest BCUT2D eigenvalue weighted by atomic mass is 10.2. The summed E-state index contributed by atoms with van der Waals surface area (Å²) >= 11 is 0. The monoisotopic (exact) mass is 280 g/mol. The van der Waals surface area contributed by atoms with E-state index in [0.717, 1.165) is 19.5 Å². The van der Waals surface area contributed by atoms with Crippen LogP contribution in [0.2, 0.25) is 0 Å². The fraction of sp³-hybridized carbons (Fsp3) is 0.533. The largest absolute Gasteiger partial charge is 0.495 e. The summed E-state index contributed by atoms with van der Waals surface area (Å²) in [6.45, 7) is 4.62. The molecule has 5 heteroatoms. The lowest BCUT2D eigenvalue weighted by Gasteiger charge is -2.19. The van der Waals surface area contributed by atoms with Gasteiger partial charge in [0.05, 0.1) is 12.8 Å². The fourth-order valence-corrected chi connectivity index (χ4v) is 1.94. The first kappa shape index (κ1) is 16.5. The van der Waals surface area contributed by atoms with Crippen molar-refractivity contribution >= 4 is 11.6 Å². The second kappa shape index (κ2) is 9.34. The SMILES string of the molecule is CCN(CCCO)CCC(=O)Nc1ccccc1OC. The maximum atomic E-state index is 11.9. The fourth-order valence-electron chi connectivity index (χ4n) is 1.94. The molecule has 0 atom stereocenters. The van der Waals surface area contributed by atoms with E-state index in [-0.39, 0.29) is 12.5 Å². The third-order valence-electron chi connectivity index (χ3n) is 3.12. The normalized spacial score (nSPS) is 10.6. The number of amides is 1. The van der Waals surface area contributed by atoms with E-state index in [0.29, 0.717) is 24.4 Å². The molecule has 1 amide bonds. The summed E-state index contributed by atoms with van der Waals surface area (Å²) in [6, 6.07) is 7.36. The quantitative estimate of drug-likeness (QED) is 0.723. The van der Waals surface area contributed by atoms with Gasteiger partial charge in [0, 0.05) is 26.1 Å². The third-order valence-corrected chi connectivity index (χ3v) is 3.12. The van der Waals surface area contributed by atoms with Gasteiger partial charge < -0.3 is 20.1 Å². The van der Waals surface area contributed by atoms with E-state index in [9.17, 15) is 4.79 Å². The maximum Gasteiger partial charge on any atom is 0.225 e. The molecule has 2 N–H and O–H groups in total. The van der Waals surface area contributed by atoms with Gasteiger partial charge in [-0.15, -0.1) is 0 Å². The Morgan fingerprint density at radius 1 is 1.35 bits per heavy atom. The molecule has 1 aromatic rings. The average Bonchev–Trinajstić information content (AvgIpc) is 2.48. The van der Waals surface area contributed by atoms with E-state index in [4.69, 9.17) is 9.84 Å². The number of nitrogens with one attached hydrogen (secondary N) is 1. The molecule has 0 unspecified atom stereocenters. The molecule has 0 radical (unpaired) electrons. The minimum Gasteiger partial charge on any atom is -0.495 e. The zero-order chi connectivity index (χ0) is 14.8. The Morgan fingerprint density at radius 2 is 2.10 bits per heavy atom. The predicted octanol–water partition coefficient (Wildman–Crippen LogP) is 1.73. The number of carbonyl (C=O) groups is 1. The number of para-hydroxylation sites is 2. The highest BCUT2D eigenvalue weighted by molar-refractivity contribution is 5.92. The highest BCUT2D eigenvalue weighted by atomic mass is 16.5. The molecule has 0 aliphatic carbocycles. The van der Waals surface area contributed by atoms with Crippen LogP contribution in [0.5, 0.6) is 5.75 Å². The zero-order valence-electron chi connectivity index (χ0n) is 12.3. The van der Waals surface area contributed by atoms with Gasteiger partial charge in [-0.3, -0.25) is 4.79 Å². The van der Waals surface area contributed by atoms with Crippen LogP contribution in [0.1, 0.15) is 19.8 Å². The Balaban J connectivity index is 2.43. The summed E-state index contributed by atoms with van der Waals surface area (Å²) in [5, 5.41) is 11.7. The number of hydrogen-bond acceptors (Lipinski definition) is 4. The molecule has 5 nitrogen and oxygen atoms in total. The van der Waals surface area contributed by atoms with Crippen molar-refractivity contribution in [2.24, 2.45) is 0 Å². The van der Waals surface area contributed by atoms with Crippen LogP contribution in [0.3, 0.4) is 0 Å². The van der Waals surface area contributed by atoms with E-state index in [1.54, 1.807) is 7.11 Å². The number of carbonyl (C=O) groups excluding carboxylic acids is 1. The molecular formula is C15H24N2O3. The molecule has 1 aromatic carbocycles. The summed E-state index contributed by atoms with van der Waals surface area (Å²) in [4.78, 5) is 14.1. The molecule has 0 bridgehead atoms. The van der Waals surface area contributed by atoms with Gasteiger partial charge in [0.2, 0.25) is 5.91 Å². The summed E-state index contributed by atoms with van der Waals surface area (Å²) < 4.78 is 5.19. The van der Waals surface area contributed by atoms with Crippen LogP contribution in [0.25, 0.3) is 0 Å². The van der Waals surface area contributed by atoms with Crippen LogP contribution in [0.4, 0.5) is 5.69 Å². The van der Waals surface area contributed by atoms with Gasteiger partial charge in [-0.2, -0.15) is 0 Å². The van der Waals surface area contributed by atoms with Crippen molar-refractivity contribution in [1.29, 1.82) is 0 Å². The number of benzene rings is 1. The first-order valence-corrected chi connectivity index (χ1v) is 6.97. The predicted molar refractivity (Wildman–Crippen MR) is 80.1 cm³/mol. The highest BCUT2D eigenvalue weighted by Gasteiger charge is 2.09. The van der Waals surface area contributed by atoms with Crippen LogP contribution in [-0.2, 0) is 4.79 Å². The van der Waals surface area contributed by atoms with Crippen molar-refractivity contribution < 1.29 is 14.6 Å². The average molecular weight is 280 g/mol. The second-order valence-corrected chi connectivity index (χ2v) is 4.51. The Morgan fingerprint density at radius 3 is 2.75 bits per heavy atom. The molecule has 112 valence electrons. The standard InChI is InChI=1S/C15H24N2O3/c1-3-17(10-6-12-18)11-9-15(19)16-13-7-4-5-8-14(13)20-2/h4-5,7-8,18H,3,6,9-12H2,1-2H3,(H,16,19). The van der Waals surface area contributed by atoms with Crippen molar-refractivity contribution in [3.05, 3.63) is 24.3 Å². The molecule has 20 heavy (non-hydrogen) atoms. The molecule has 0 fully saturated rings.